The Morgan fingerprint density at radius 1 is 0.444 bits per heavy atom. The van der Waals surface area contributed by atoms with Gasteiger partial charge in [-0.25, -0.2) is 9.98 Å². The van der Waals surface area contributed by atoms with Gasteiger partial charge in [-0.2, -0.15) is 0 Å². The highest BCUT2D eigenvalue weighted by molar-refractivity contribution is 6.14. The zero-order chi connectivity index (χ0) is 36.0. The molecule has 1 aromatic heterocycles. The number of hydrogen-bond acceptors (Lipinski definition) is 4. The van der Waals surface area contributed by atoms with Crippen LogP contribution in [0.3, 0.4) is 0 Å². The van der Waals surface area contributed by atoms with E-state index in [1.807, 2.05) is 24.3 Å². The van der Waals surface area contributed by atoms with E-state index in [2.05, 4.69) is 176 Å². The second-order valence-corrected chi connectivity index (χ2v) is 13.8. The molecule has 0 amide bonds. The number of amidine groups is 2. The number of nitrogens with zero attached hydrogens (tertiary/aromatic N) is 3. The van der Waals surface area contributed by atoms with E-state index >= 15 is 0 Å². The van der Waals surface area contributed by atoms with Crippen LogP contribution in [-0.4, -0.2) is 23.6 Å². The van der Waals surface area contributed by atoms with Crippen LogP contribution in [0.1, 0.15) is 22.9 Å². The van der Waals surface area contributed by atoms with Crippen LogP contribution in [0.25, 0.3) is 66.1 Å². The molecule has 0 radical (unpaired) electrons. The molecular weight excluding hydrogens is 659 g/mol. The Kier molecular flexibility index (Phi) is 7.73. The molecule has 0 N–H and O–H groups in total. The van der Waals surface area contributed by atoms with E-state index in [9.17, 15) is 0 Å². The number of fused-ring (bicyclic) bond motifs is 4. The van der Waals surface area contributed by atoms with Gasteiger partial charge in [-0.15, -0.1) is 0 Å². The molecule has 0 fully saturated rings. The van der Waals surface area contributed by atoms with Gasteiger partial charge in [-0.3, -0.25) is 0 Å². The molecule has 0 saturated carbocycles. The van der Waals surface area contributed by atoms with Crippen LogP contribution < -0.4 is 0 Å². The summed E-state index contributed by atoms with van der Waals surface area (Å²) in [5, 5.41) is 4.58. The highest BCUT2D eigenvalue weighted by Gasteiger charge is 2.29. The van der Waals surface area contributed by atoms with E-state index in [1.54, 1.807) is 0 Å². The molecule has 1 unspecified atom stereocenters. The lowest BCUT2D eigenvalue weighted by atomic mass is 9.91. The first kappa shape index (κ1) is 31.7. The average molecular weight is 694 g/mol. The maximum atomic E-state index is 6.56. The Morgan fingerprint density at radius 3 is 1.69 bits per heavy atom. The van der Waals surface area contributed by atoms with Crippen LogP contribution in [0.5, 0.6) is 0 Å². The van der Waals surface area contributed by atoms with Gasteiger partial charge >= 0.3 is 0 Å². The van der Waals surface area contributed by atoms with E-state index in [-0.39, 0.29) is 6.17 Å². The second-order valence-electron chi connectivity index (χ2n) is 13.8. The Hall–Kier alpha value is -7.04. The zero-order valence-electron chi connectivity index (χ0n) is 29.7. The van der Waals surface area contributed by atoms with Gasteiger partial charge in [0.2, 0.25) is 0 Å². The Bertz CT molecular complexity index is 2870. The van der Waals surface area contributed by atoms with E-state index in [0.717, 1.165) is 50.0 Å². The second kappa shape index (κ2) is 13.2. The Morgan fingerprint density at radius 2 is 1.00 bits per heavy atom. The van der Waals surface area contributed by atoms with Gasteiger partial charge in [-0.05, 0) is 62.4 Å². The predicted octanol–water partition coefficient (Wildman–Crippen LogP) is 12.6. The molecule has 0 saturated heterocycles. The van der Waals surface area contributed by atoms with Crippen molar-refractivity contribution in [3.63, 3.8) is 0 Å². The maximum absolute atomic E-state index is 6.56. The largest absolute Gasteiger partial charge is 0.456 e. The van der Waals surface area contributed by atoms with Gasteiger partial charge < -0.3 is 9.32 Å². The molecule has 10 rings (SSSR count). The molecule has 0 aliphatic carbocycles. The molecule has 8 aromatic carbocycles. The summed E-state index contributed by atoms with van der Waals surface area (Å²) in [6.45, 7) is 0. The normalized spacial score (nSPS) is 14.4. The van der Waals surface area contributed by atoms with Crippen molar-refractivity contribution in [2.75, 3.05) is 7.05 Å². The summed E-state index contributed by atoms with van der Waals surface area (Å²) < 4.78 is 6.56. The molecule has 1 aliphatic rings. The van der Waals surface area contributed by atoms with Crippen molar-refractivity contribution >= 4 is 44.4 Å². The minimum Gasteiger partial charge on any atom is -0.456 e. The molecule has 54 heavy (non-hydrogen) atoms. The average Bonchev–Trinajstić information content (AvgIpc) is 3.63. The molecule has 4 nitrogen and oxygen atoms in total. The van der Waals surface area contributed by atoms with Crippen LogP contribution >= 0.6 is 0 Å². The molecule has 1 atom stereocenters. The van der Waals surface area contributed by atoms with E-state index in [4.69, 9.17) is 14.4 Å². The molecule has 256 valence electrons. The summed E-state index contributed by atoms with van der Waals surface area (Å²) in [6, 6.07) is 66.1. The first-order valence-corrected chi connectivity index (χ1v) is 18.3. The fourth-order valence-corrected chi connectivity index (χ4v) is 7.90. The molecule has 2 heterocycles. The molecule has 4 heteroatoms. The lowest BCUT2D eigenvalue weighted by Crippen LogP contribution is -2.35. The summed E-state index contributed by atoms with van der Waals surface area (Å²) >= 11 is 0. The highest BCUT2D eigenvalue weighted by Crippen LogP contribution is 2.42. The number of rotatable bonds is 6. The quantitative estimate of drug-likeness (QED) is 0.174. The minimum atomic E-state index is -0.347. The fourth-order valence-electron chi connectivity index (χ4n) is 7.90. The maximum Gasteiger partial charge on any atom is 0.159 e. The fraction of sp³-hybridized carbons (Fsp3) is 0.0400. The van der Waals surface area contributed by atoms with Crippen LogP contribution in [0.15, 0.2) is 202 Å². The SMILES string of the molecule is CN1C(c2ccc(-c3ccccc3)cc2)=NC(c2ccccc2)=NC1c1cccc2oc3ccc(-c4ccc(-c5ccccc5)c5ccccc45)cc3c12. The van der Waals surface area contributed by atoms with Crippen LogP contribution in [-0.2, 0) is 0 Å². The van der Waals surface area contributed by atoms with Gasteiger partial charge in [-0.1, -0.05) is 170 Å². The van der Waals surface area contributed by atoms with Crippen molar-refractivity contribution in [2.45, 2.75) is 6.17 Å². The number of benzene rings is 8. The lowest BCUT2D eigenvalue weighted by molar-refractivity contribution is 0.385. The van der Waals surface area contributed by atoms with Crippen LogP contribution in [0, 0.1) is 0 Å². The zero-order valence-corrected chi connectivity index (χ0v) is 29.7. The van der Waals surface area contributed by atoms with Crippen LogP contribution in [0.2, 0.25) is 0 Å². The van der Waals surface area contributed by atoms with Gasteiger partial charge in [0.1, 0.15) is 17.0 Å². The standard InChI is InChI=1S/C50H35N3O/c1-53-49(37-26-24-34(25-27-37)33-14-5-2-6-15-33)51-48(36-18-9-4-10-19-36)52-50(53)43-22-13-23-46-47(43)44-32-38(28-31-45(44)54-46)40-30-29-39(35-16-7-3-8-17-35)41-20-11-12-21-42(40)41/h2-32,50H,1H3. The predicted molar refractivity (Wildman–Crippen MR) is 224 cm³/mol. The first-order chi connectivity index (χ1) is 26.7. The van der Waals surface area contributed by atoms with Crippen molar-refractivity contribution in [1.29, 1.82) is 0 Å². The van der Waals surface area contributed by atoms with Crippen LogP contribution in [0.4, 0.5) is 0 Å². The third-order valence-electron chi connectivity index (χ3n) is 10.6. The van der Waals surface area contributed by atoms with E-state index in [0.29, 0.717) is 5.84 Å². The summed E-state index contributed by atoms with van der Waals surface area (Å²) in [6.07, 6.45) is -0.347. The monoisotopic (exact) mass is 693 g/mol. The van der Waals surface area contributed by atoms with Gasteiger partial charge in [0.15, 0.2) is 12.0 Å². The first-order valence-electron chi connectivity index (χ1n) is 18.3. The van der Waals surface area contributed by atoms with Crippen molar-refractivity contribution in [1.82, 2.24) is 4.90 Å². The van der Waals surface area contributed by atoms with E-state index in [1.165, 1.54) is 38.6 Å². The van der Waals surface area contributed by atoms with Gasteiger partial charge in [0.25, 0.3) is 0 Å². The molecule has 0 bridgehead atoms. The third kappa shape index (κ3) is 5.48. The van der Waals surface area contributed by atoms with Crippen molar-refractivity contribution in [2.24, 2.45) is 9.98 Å². The van der Waals surface area contributed by atoms with Crippen molar-refractivity contribution < 1.29 is 4.42 Å². The third-order valence-corrected chi connectivity index (χ3v) is 10.6. The summed E-state index contributed by atoms with van der Waals surface area (Å²) in [7, 11) is 2.09. The topological polar surface area (TPSA) is 41.1 Å². The van der Waals surface area contributed by atoms with Gasteiger partial charge in [0, 0.05) is 34.5 Å². The minimum absolute atomic E-state index is 0.347. The lowest BCUT2D eigenvalue weighted by Gasteiger charge is -2.33. The molecule has 0 spiro atoms. The number of hydrogen-bond donors (Lipinski definition) is 0. The Labute approximate surface area is 314 Å². The summed E-state index contributed by atoms with van der Waals surface area (Å²) in [4.78, 5) is 12.7. The molecule has 9 aromatic rings. The van der Waals surface area contributed by atoms with Crippen molar-refractivity contribution in [3.8, 4) is 33.4 Å². The van der Waals surface area contributed by atoms with Gasteiger partial charge in [0.05, 0.1) is 0 Å². The Balaban J connectivity index is 1.11. The summed E-state index contributed by atoms with van der Waals surface area (Å²) in [5.41, 5.74) is 11.9. The van der Waals surface area contributed by atoms with E-state index < -0.39 is 0 Å². The smallest absolute Gasteiger partial charge is 0.159 e. The summed E-state index contributed by atoms with van der Waals surface area (Å²) in [5.74, 6) is 1.57. The highest BCUT2D eigenvalue weighted by atomic mass is 16.3. The number of furan rings is 1. The van der Waals surface area contributed by atoms with Crippen molar-refractivity contribution in [3.05, 3.63) is 205 Å². The molecular formula is C50H35N3O. The number of aliphatic imine (C=N–C) groups is 2. The molecule has 1 aliphatic heterocycles.